The lowest BCUT2D eigenvalue weighted by atomic mass is 9.94. The summed E-state index contributed by atoms with van der Waals surface area (Å²) in [5, 5.41) is 11.5. The van der Waals surface area contributed by atoms with Gasteiger partial charge in [-0.2, -0.15) is 10.2 Å². The maximum absolute atomic E-state index is 14.5. The molecule has 0 spiro atoms. The number of nitrogens with zero attached hydrogens (tertiary/aromatic N) is 3. The van der Waals surface area contributed by atoms with Crippen LogP contribution >= 0.6 is 7.75 Å². The molecule has 2 N–H and O–H groups in total. The number of fused-ring (bicyclic) bond motifs is 1. The molecule has 17 nitrogen and oxygen atoms in total. The van der Waals surface area contributed by atoms with Gasteiger partial charge in [-0.25, -0.2) is 9.56 Å². The van der Waals surface area contributed by atoms with Gasteiger partial charge in [0.25, 0.3) is 0 Å². The van der Waals surface area contributed by atoms with Gasteiger partial charge < -0.3 is 33.5 Å². The molecular formula is C35H48N5O12P. The van der Waals surface area contributed by atoms with E-state index in [2.05, 4.69) is 20.5 Å². The van der Waals surface area contributed by atoms with E-state index in [0.29, 0.717) is 44.0 Å². The van der Waals surface area contributed by atoms with Gasteiger partial charge in [0.1, 0.15) is 35.9 Å². The van der Waals surface area contributed by atoms with E-state index in [1.165, 1.54) is 13.3 Å². The molecule has 2 fully saturated rings. The fourth-order valence-electron chi connectivity index (χ4n) is 6.19. The Labute approximate surface area is 308 Å². The van der Waals surface area contributed by atoms with Gasteiger partial charge in [0.2, 0.25) is 5.91 Å². The third-order valence-electron chi connectivity index (χ3n) is 9.06. The van der Waals surface area contributed by atoms with E-state index in [1.54, 1.807) is 63.0 Å². The molecule has 1 aromatic rings. The number of esters is 3. The summed E-state index contributed by atoms with van der Waals surface area (Å²) in [6, 6.07) is 6.51. The van der Waals surface area contributed by atoms with Crippen molar-refractivity contribution in [2.45, 2.75) is 115 Å². The van der Waals surface area contributed by atoms with Crippen LogP contribution in [0.15, 0.2) is 52.2 Å². The quantitative estimate of drug-likeness (QED) is 0.149. The van der Waals surface area contributed by atoms with Crippen LogP contribution in [0.25, 0.3) is 0 Å². The summed E-state index contributed by atoms with van der Waals surface area (Å²) in [5.74, 6) is -1.60. The number of aliphatic imine (C=N–C) groups is 1. The topological polar surface area (TPSA) is 202 Å². The summed E-state index contributed by atoms with van der Waals surface area (Å²) in [4.78, 5) is 55.4. The second-order valence-corrected chi connectivity index (χ2v) is 14.8. The van der Waals surface area contributed by atoms with E-state index in [9.17, 15) is 23.7 Å². The molecule has 290 valence electrons. The third-order valence-corrected chi connectivity index (χ3v) is 10.7. The van der Waals surface area contributed by atoms with E-state index in [4.69, 9.17) is 32.7 Å². The third kappa shape index (κ3) is 9.89. The molecule has 0 saturated carbocycles. The first-order chi connectivity index (χ1) is 25.4. The fourth-order valence-corrected chi connectivity index (χ4v) is 7.77. The van der Waals surface area contributed by atoms with Crippen LogP contribution in [0.4, 0.5) is 0 Å². The molecule has 5 rings (SSSR count). The Morgan fingerprint density at radius 1 is 1.02 bits per heavy atom. The first-order valence-corrected chi connectivity index (χ1v) is 19.4. The molecule has 2 saturated heterocycles. The van der Waals surface area contributed by atoms with Crippen molar-refractivity contribution in [3.05, 3.63) is 42.1 Å². The number of amides is 1. The number of nitrogens with one attached hydrogen (secondary N) is 2. The second-order valence-electron chi connectivity index (χ2n) is 13.1. The number of para-hydroxylation sites is 1. The van der Waals surface area contributed by atoms with Crippen molar-refractivity contribution in [1.82, 2.24) is 15.4 Å². The summed E-state index contributed by atoms with van der Waals surface area (Å²) in [5.41, 5.74) is -1.07. The Morgan fingerprint density at radius 3 is 2.40 bits per heavy atom. The van der Waals surface area contributed by atoms with E-state index in [1.807, 2.05) is 6.08 Å². The molecule has 0 aromatic heterocycles. The SMILES string of the molecule is CCC(=O)NC1=NC=NN2C1=CCC2[C@@H]1O[C@](C)(COP(=O)(N[C@@H](C)C(=O)OC2CCOCC2)Oc2ccccc2)[C@@H](OC(=O)CC)[C@H]1OC(=O)CC. The van der Waals surface area contributed by atoms with Crippen LogP contribution < -0.4 is 14.9 Å². The van der Waals surface area contributed by atoms with Gasteiger partial charge >= 0.3 is 25.7 Å². The summed E-state index contributed by atoms with van der Waals surface area (Å²) in [6.45, 7) is 8.43. The fraction of sp³-hybridized carbons (Fsp3) is 0.600. The summed E-state index contributed by atoms with van der Waals surface area (Å²) in [6.07, 6.45) is 1.03. The van der Waals surface area contributed by atoms with Gasteiger partial charge in [-0.05, 0) is 32.4 Å². The van der Waals surface area contributed by atoms with Crippen LogP contribution in [-0.2, 0) is 52.0 Å². The van der Waals surface area contributed by atoms with Crippen molar-refractivity contribution in [3.8, 4) is 5.75 Å². The van der Waals surface area contributed by atoms with Crippen LogP contribution in [0.1, 0.15) is 73.1 Å². The zero-order chi connectivity index (χ0) is 38.2. The number of hydrogen-bond donors (Lipinski definition) is 2. The van der Waals surface area contributed by atoms with Gasteiger partial charge in [0.05, 0.1) is 31.6 Å². The minimum Gasteiger partial charge on any atom is -0.461 e. The Bertz CT molecular complexity index is 1630. The van der Waals surface area contributed by atoms with Gasteiger partial charge in [-0.1, -0.05) is 45.0 Å². The Hall–Kier alpha value is -4.15. The van der Waals surface area contributed by atoms with Crippen molar-refractivity contribution in [2.24, 2.45) is 10.1 Å². The molecule has 0 aliphatic carbocycles. The van der Waals surface area contributed by atoms with Crippen LogP contribution in [0, 0.1) is 0 Å². The molecule has 53 heavy (non-hydrogen) atoms. The number of carbonyl (C=O) groups is 4. The number of hydrazone groups is 1. The average molecular weight is 762 g/mol. The van der Waals surface area contributed by atoms with Crippen molar-refractivity contribution in [2.75, 3.05) is 19.8 Å². The number of amidine groups is 1. The van der Waals surface area contributed by atoms with E-state index >= 15 is 0 Å². The van der Waals surface area contributed by atoms with Gasteiger partial charge in [0, 0.05) is 32.1 Å². The zero-order valence-electron chi connectivity index (χ0n) is 30.6. The summed E-state index contributed by atoms with van der Waals surface area (Å²) in [7, 11) is -4.42. The highest BCUT2D eigenvalue weighted by Crippen LogP contribution is 2.49. The monoisotopic (exact) mass is 761 g/mol. The molecule has 4 heterocycles. The van der Waals surface area contributed by atoms with Crippen LogP contribution in [0.2, 0.25) is 0 Å². The number of benzene rings is 1. The van der Waals surface area contributed by atoms with Crippen LogP contribution in [0.5, 0.6) is 5.75 Å². The predicted molar refractivity (Wildman–Crippen MR) is 189 cm³/mol. The molecule has 7 atom stereocenters. The normalized spacial score (nSPS) is 27.1. The highest BCUT2D eigenvalue weighted by molar-refractivity contribution is 7.52. The molecule has 1 amide bonds. The highest BCUT2D eigenvalue weighted by Gasteiger charge is 2.61. The van der Waals surface area contributed by atoms with E-state index in [-0.39, 0.29) is 37.0 Å². The highest BCUT2D eigenvalue weighted by atomic mass is 31.2. The van der Waals surface area contributed by atoms with Crippen LogP contribution in [0.3, 0.4) is 0 Å². The number of carbonyl (C=O) groups excluding carboxylic acids is 4. The summed E-state index contributed by atoms with van der Waals surface area (Å²) < 4.78 is 56.0. The van der Waals surface area contributed by atoms with E-state index < -0.39 is 68.3 Å². The first-order valence-electron chi connectivity index (χ1n) is 17.9. The maximum Gasteiger partial charge on any atom is 0.459 e. The molecule has 4 aliphatic rings. The lowest BCUT2D eigenvalue weighted by Gasteiger charge is -2.33. The van der Waals surface area contributed by atoms with Gasteiger partial charge in [-0.15, -0.1) is 0 Å². The smallest absolute Gasteiger partial charge is 0.459 e. The molecule has 4 aliphatic heterocycles. The summed E-state index contributed by atoms with van der Waals surface area (Å²) >= 11 is 0. The Morgan fingerprint density at radius 2 is 1.72 bits per heavy atom. The minimum absolute atomic E-state index is 0.00103. The molecule has 2 unspecified atom stereocenters. The van der Waals surface area contributed by atoms with Gasteiger partial charge in [-0.3, -0.25) is 28.7 Å². The standard InChI is InChI=1S/C35H48N5O12P/c1-6-27(41)38-33-26-15-14-25(40(26)37-21-36-33)30-31(49-28(42)7-2)32(50-29(43)8-3)35(5,51-30)20-47-53(45,52-24-12-10-9-11-13-24)39-22(4)34(44)48-23-16-18-46-19-17-23/h9-13,15,21-23,25,30-32H,6-8,14,16-20H2,1-5H3,(H,39,45)(H,36,37,38,41)/t22-,25?,30-,31-,32-,35+,53?/m0/s1. The molecule has 1 aromatic carbocycles. The lowest BCUT2D eigenvalue weighted by Crippen LogP contribution is -2.50. The molecule has 0 radical (unpaired) electrons. The lowest BCUT2D eigenvalue weighted by molar-refractivity contribution is -0.171. The van der Waals surface area contributed by atoms with Crippen molar-refractivity contribution in [3.63, 3.8) is 0 Å². The average Bonchev–Trinajstić information content (AvgIpc) is 3.70. The Kier molecular flexibility index (Phi) is 13.4. The predicted octanol–water partition coefficient (Wildman–Crippen LogP) is 3.53. The molecular weight excluding hydrogens is 713 g/mol. The molecule has 0 bridgehead atoms. The number of rotatable bonds is 15. The maximum atomic E-state index is 14.5. The minimum atomic E-state index is -4.42. The number of ether oxygens (including phenoxy) is 5. The first kappa shape index (κ1) is 40.0. The van der Waals surface area contributed by atoms with Gasteiger partial charge in [0.15, 0.2) is 18.0 Å². The molecule has 18 heteroatoms. The number of hydrogen-bond acceptors (Lipinski definition) is 15. The van der Waals surface area contributed by atoms with Crippen molar-refractivity contribution >= 4 is 43.7 Å². The zero-order valence-corrected chi connectivity index (χ0v) is 31.5. The van der Waals surface area contributed by atoms with E-state index in [0.717, 1.165) is 0 Å². The Balaban J connectivity index is 1.42. The largest absolute Gasteiger partial charge is 0.461 e. The van der Waals surface area contributed by atoms with Crippen molar-refractivity contribution < 1.29 is 56.5 Å². The van der Waals surface area contributed by atoms with Crippen LogP contribution in [-0.4, -0.2) is 103 Å². The second kappa shape index (κ2) is 17.8. The van der Waals surface area contributed by atoms with Crippen molar-refractivity contribution in [1.29, 1.82) is 0 Å².